The minimum atomic E-state index is -1.77. The van der Waals surface area contributed by atoms with E-state index in [1.54, 1.807) is 13.8 Å². The number of allylic oxidation sites excluding steroid dienone is 1. The fraction of sp³-hybridized carbons (Fsp3) is 0.625. The van der Waals surface area contributed by atoms with Gasteiger partial charge in [0.2, 0.25) is 5.12 Å². The van der Waals surface area contributed by atoms with Crippen molar-refractivity contribution in [2.24, 2.45) is 0 Å². The van der Waals surface area contributed by atoms with Crippen LogP contribution in [0.4, 0.5) is 0 Å². The molecule has 0 aromatic rings. The number of carbonyl (C=O) groups is 1. The number of thioether (sulfide) groups is 1. The van der Waals surface area contributed by atoms with Gasteiger partial charge in [-0.05, 0) is 31.7 Å². The maximum atomic E-state index is 11.1. The molecule has 0 radical (unpaired) electrons. The van der Waals surface area contributed by atoms with E-state index in [1.807, 2.05) is 0 Å². The number of rotatable bonds is 4. The van der Waals surface area contributed by atoms with Crippen molar-refractivity contribution in [1.82, 2.24) is 0 Å². The Morgan fingerprint density at radius 1 is 1.38 bits per heavy atom. The maximum Gasteiger partial charge on any atom is 0.215 e. The molecule has 13 heavy (non-hydrogen) atoms. The summed E-state index contributed by atoms with van der Waals surface area (Å²) in [6.07, 6.45) is 1.33. The first-order valence-electron chi connectivity index (χ1n) is 3.75. The molecule has 0 aromatic carbocycles. The molecule has 0 fully saturated rings. The Bertz CT molecular complexity index is 204. The molecule has 0 heterocycles. The number of aliphatic hydroxyl groups is 3. The molecular formula is C8H14O4S. The van der Waals surface area contributed by atoms with Gasteiger partial charge in [-0.1, -0.05) is 5.57 Å². The Morgan fingerprint density at radius 3 is 2.15 bits per heavy atom. The van der Waals surface area contributed by atoms with Gasteiger partial charge in [-0.25, -0.2) is 0 Å². The summed E-state index contributed by atoms with van der Waals surface area (Å²) in [6, 6.07) is 0. The molecule has 3 N–H and O–H groups in total. The first kappa shape index (κ1) is 12.6. The topological polar surface area (TPSA) is 77.8 Å². The van der Waals surface area contributed by atoms with Crippen molar-refractivity contribution in [3.63, 3.8) is 0 Å². The second kappa shape index (κ2) is 5.39. The maximum absolute atomic E-state index is 11.1. The fourth-order valence-corrected chi connectivity index (χ4v) is 1.37. The highest BCUT2D eigenvalue weighted by Crippen LogP contribution is 2.22. The molecule has 0 saturated heterocycles. The zero-order valence-corrected chi connectivity index (χ0v) is 8.47. The van der Waals surface area contributed by atoms with Gasteiger partial charge in [0.25, 0.3) is 0 Å². The first-order valence-corrected chi connectivity index (χ1v) is 4.57. The summed E-state index contributed by atoms with van der Waals surface area (Å²) in [5.74, 6) is 0. The second-order valence-electron chi connectivity index (χ2n) is 2.91. The van der Waals surface area contributed by atoms with E-state index in [1.165, 1.54) is 6.08 Å². The molecule has 0 aliphatic carbocycles. The van der Waals surface area contributed by atoms with E-state index in [0.29, 0.717) is 11.8 Å². The molecule has 0 atom stereocenters. The van der Waals surface area contributed by atoms with Crippen LogP contribution in [0, 0.1) is 0 Å². The molecule has 0 aromatic heterocycles. The average molecular weight is 206 g/mol. The van der Waals surface area contributed by atoms with Gasteiger partial charge in [0, 0.05) is 0 Å². The summed E-state index contributed by atoms with van der Waals surface area (Å²) in [6.45, 7) is 2.18. The standard InChI is InChI=1S/C8H14O4S/c1-6(2)3-7(11)13-8(12,4-9)5-10/h3,9-10,12H,4-5H2,1-2H3. The predicted octanol–water partition coefficient (Wildman–Crippen LogP) is -0.114. The van der Waals surface area contributed by atoms with Gasteiger partial charge in [0.1, 0.15) is 0 Å². The number of aliphatic hydroxyl groups excluding tert-OH is 2. The Labute approximate surface area is 81.3 Å². The molecule has 0 amide bonds. The molecule has 76 valence electrons. The molecular weight excluding hydrogens is 192 g/mol. The van der Waals surface area contributed by atoms with Crippen LogP contribution in [0.2, 0.25) is 0 Å². The molecule has 5 heteroatoms. The highest BCUT2D eigenvalue weighted by Gasteiger charge is 2.28. The largest absolute Gasteiger partial charge is 0.392 e. The minimum Gasteiger partial charge on any atom is -0.392 e. The van der Waals surface area contributed by atoms with E-state index in [2.05, 4.69) is 0 Å². The highest BCUT2D eigenvalue weighted by atomic mass is 32.2. The Hall–Kier alpha value is -0.360. The molecule has 0 aliphatic rings. The summed E-state index contributed by atoms with van der Waals surface area (Å²) < 4.78 is 0. The molecule has 0 rings (SSSR count). The lowest BCUT2D eigenvalue weighted by Crippen LogP contribution is -2.34. The van der Waals surface area contributed by atoms with Crippen molar-refractivity contribution < 1.29 is 20.1 Å². The number of hydrogen-bond donors (Lipinski definition) is 3. The molecule has 0 saturated carbocycles. The number of carbonyl (C=O) groups excluding carboxylic acids is 1. The van der Waals surface area contributed by atoms with Crippen LogP contribution >= 0.6 is 11.8 Å². The fourth-order valence-electron chi connectivity index (χ4n) is 0.567. The molecule has 0 spiro atoms. The molecule has 0 bridgehead atoms. The lowest BCUT2D eigenvalue weighted by atomic mass is 10.3. The van der Waals surface area contributed by atoms with Gasteiger partial charge >= 0.3 is 0 Å². The van der Waals surface area contributed by atoms with Crippen LogP contribution < -0.4 is 0 Å². The smallest absolute Gasteiger partial charge is 0.215 e. The van der Waals surface area contributed by atoms with Crippen molar-refractivity contribution in [2.75, 3.05) is 13.2 Å². The van der Waals surface area contributed by atoms with Crippen molar-refractivity contribution in [3.05, 3.63) is 11.6 Å². The van der Waals surface area contributed by atoms with Gasteiger partial charge in [-0.15, -0.1) is 0 Å². The van der Waals surface area contributed by atoms with E-state index in [0.717, 1.165) is 5.57 Å². The zero-order chi connectivity index (χ0) is 10.5. The average Bonchev–Trinajstić information content (AvgIpc) is 2.02. The van der Waals surface area contributed by atoms with Crippen molar-refractivity contribution in [1.29, 1.82) is 0 Å². The van der Waals surface area contributed by atoms with Gasteiger partial charge in [-0.3, -0.25) is 4.79 Å². The minimum absolute atomic E-state index is 0.384. The molecule has 0 aliphatic heterocycles. The van der Waals surface area contributed by atoms with Gasteiger partial charge in [-0.2, -0.15) is 0 Å². The van der Waals surface area contributed by atoms with E-state index in [-0.39, 0.29) is 5.12 Å². The second-order valence-corrected chi connectivity index (χ2v) is 4.27. The third kappa shape index (κ3) is 5.05. The first-order chi connectivity index (χ1) is 5.93. The summed E-state index contributed by atoms with van der Waals surface area (Å²) in [5, 5.41) is 26.3. The quantitative estimate of drug-likeness (QED) is 0.442. The Morgan fingerprint density at radius 2 is 1.85 bits per heavy atom. The lowest BCUT2D eigenvalue weighted by molar-refractivity contribution is -0.107. The zero-order valence-electron chi connectivity index (χ0n) is 7.65. The lowest BCUT2D eigenvalue weighted by Gasteiger charge is -2.20. The monoisotopic (exact) mass is 206 g/mol. The molecule has 4 nitrogen and oxygen atoms in total. The van der Waals surface area contributed by atoms with Crippen LogP contribution in [0.5, 0.6) is 0 Å². The third-order valence-corrected chi connectivity index (χ3v) is 2.15. The van der Waals surface area contributed by atoms with Crippen LogP contribution in [0.3, 0.4) is 0 Å². The normalized spacial score (nSPS) is 11.2. The summed E-state index contributed by atoms with van der Waals surface area (Å²) in [5.41, 5.74) is 0.802. The van der Waals surface area contributed by atoms with Crippen molar-refractivity contribution in [2.45, 2.75) is 18.8 Å². The van der Waals surface area contributed by atoms with Gasteiger partial charge < -0.3 is 15.3 Å². The van der Waals surface area contributed by atoms with Crippen LogP contribution in [-0.4, -0.2) is 38.6 Å². The predicted molar refractivity (Wildman–Crippen MR) is 51.2 cm³/mol. The van der Waals surface area contributed by atoms with E-state index < -0.39 is 18.1 Å². The van der Waals surface area contributed by atoms with Crippen LogP contribution in [0.1, 0.15) is 13.8 Å². The van der Waals surface area contributed by atoms with E-state index in [4.69, 9.17) is 10.2 Å². The van der Waals surface area contributed by atoms with Crippen molar-refractivity contribution >= 4 is 16.9 Å². The van der Waals surface area contributed by atoms with Gasteiger partial charge in [0.05, 0.1) is 13.2 Å². The summed E-state index contributed by atoms with van der Waals surface area (Å²) in [7, 11) is 0. The summed E-state index contributed by atoms with van der Waals surface area (Å²) in [4.78, 5) is 9.32. The summed E-state index contributed by atoms with van der Waals surface area (Å²) >= 11 is 0.516. The van der Waals surface area contributed by atoms with Crippen LogP contribution in [-0.2, 0) is 4.79 Å². The van der Waals surface area contributed by atoms with E-state index in [9.17, 15) is 9.90 Å². The van der Waals surface area contributed by atoms with Gasteiger partial charge in [0.15, 0.2) is 4.93 Å². The van der Waals surface area contributed by atoms with Crippen molar-refractivity contribution in [3.8, 4) is 0 Å². The SMILES string of the molecule is CC(C)=CC(=O)SC(O)(CO)CO. The van der Waals surface area contributed by atoms with Crippen LogP contribution in [0.15, 0.2) is 11.6 Å². The van der Waals surface area contributed by atoms with Crippen LogP contribution in [0.25, 0.3) is 0 Å². The Balaban J connectivity index is 4.26. The molecule has 0 unspecified atom stereocenters. The Kier molecular flexibility index (Phi) is 5.24. The highest BCUT2D eigenvalue weighted by molar-refractivity contribution is 8.15. The number of hydrogen-bond acceptors (Lipinski definition) is 5. The third-order valence-electron chi connectivity index (χ3n) is 1.19. The van der Waals surface area contributed by atoms with E-state index >= 15 is 0 Å².